The summed E-state index contributed by atoms with van der Waals surface area (Å²) >= 11 is 0. The zero-order valence-electron chi connectivity index (χ0n) is 15.8. The molecule has 144 valence electrons. The van der Waals surface area contributed by atoms with Crippen molar-refractivity contribution in [3.05, 3.63) is 36.5 Å². The summed E-state index contributed by atoms with van der Waals surface area (Å²) in [4.78, 5) is 15.9. The molecule has 27 heavy (non-hydrogen) atoms. The minimum Gasteiger partial charge on any atom is -0.492 e. The highest BCUT2D eigenvalue weighted by Crippen LogP contribution is 2.29. The van der Waals surface area contributed by atoms with Crippen molar-refractivity contribution in [1.29, 1.82) is 0 Å². The lowest BCUT2D eigenvalue weighted by atomic mass is 10.2. The Hall–Kier alpha value is -2.54. The van der Waals surface area contributed by atoms with Crippen molar-refractivity contribution < 1.29 is 9.84 Å². The van der Waals surface area contributed by atoms with Crippen molar-refractivity contribution >= 4 is 17.5 Å². The van der Waals surface area contributed by atoms with Gasteiger partial charge in [-0.05, 0) is 31.5 Å². The minimum absolute atomic E-state index is 0.252. The fraction of sp³-hybridized carbons (Fsp3) is 0.500. The zero-order chi connectivity index (χ0) is 18.6. The second-order valence-electron chi connectivity index (χ2n) is 6.98. The summed E-state index contributed by atoms with van der Waals surface area (Å²) in [6, 6.07) is 10.1. The maximum Gasteiger partial charge on any atom is 0.227 e. The van der Waals surface area contributed by atoms with E-state index < -0.39 is 0 Å². The predicted molar refractivity (Wildman–Crippen MR) is 107 cm³/mol. The number of piperazine rings is 1. The van der Waals surface area contributed by atoms with E-state index in [9.17, 15) is 5.11 Å². The Morgan fingerprint density at radius 2 is 1.81 bits per heavy atom. The molecular formula is C20H27N5O2. The quantitative estimate of drug-likeness (QED) is 0.862. The number of rotatable bonds is 5. The van der Waals surface area contributed by atoms with Gasteiger partial charge in [0.2, 0.25) is 5.95 Å². The van der Waals surface area contributed by atoms with Crippen molar-refractivity contribution in [3.63, 3.8) is 0 Å². The van der Waals surface area contributed by atoms with Gasteiger partial charge in [0.05, 0.1) is 18.4 Å². The van der Waals surface area contributed by atoms with Gasteiger partial charge in [-0.2, -0.15) is 4.98 Å². The highest BCUT2D eigenvalue weighted by atomic mass is 16.5. The average molecular weight is 369 g/mol. The van der Waals surface area contributed by atoms with E-state index in [1.54, 1.807) is 0 Å². The molecule has 3 heterocycles. The van der Waals surface area contributed by atoms with Crippen molar-refractivity contribution in [2.24, 2.45) is 0 Å². The molecule has 2 aromatic rings. The van der Waals surface area contributed by atoms with E-state index >= 15 is 0 Å². The van der Waals surface area contributed by atoms with Crippen LogP contribution in [-0.2, 0) is 0 Å². The molecule has 1 N–H and O–H groups in total. The Morgan fingerprint density at radius 3 is 2.56 bits per heavy atom. The Morgan fingerprint density at radius 1 is 1.04 bits per heavy atom. The molecule has 0 spiro atoms. The van der Waals surface area contributed by atoms with Gasteiger partial charge in [-0.1, -0.05) is 12.1 Å². The summed E-state index contributed by atoms with van der Waals surface area (Å²) < 4.78 is 5.78. The number of nitrogens with zero attached hydrogens (tertiary/aromatic N) is 5. The van der Waals surface area contributed by atoms with Gasteiger partial charge < -0.3 is 24.5 Å². The topological polar surface area (TPSA) is 65.0 Å². The number of β-amino-alcohol motifs (C(OH)–C–C–N with tert-alkyl or cyclic N) is 1. The molecule has 1 atom stereocenters. The molecule has 2 saturated heterocycles. The number of aliphatic hydroxyl groups excluding tert-OH is 1. The van der Waals surface area contributed by atoms with Crippen molar-refractivity contribution in [2.75, 3.05) is 60.6 Å². The lowest BCUT2D eigenvalue weighted by Crippen LogP contribution is -2.47. The molecular weight excluding hydrogens is 342 g/mol. The Labute approximate surface area is 160 Å². The van der Waals surface area contributed by atoms with Gasteiger partial charge in [-0.15, -0.1) is 0 Å². The van der Waals surface area contributed by atoms with Crippen molar-refractivity contribution in [1.82, 2.24) is 9.97 Å². The minimum atomic E-state index is -0.252. The fourth-order valence-corrected chi connectivity index (χ4v) is 3.76. The smallest absolute Gasteiger partial charge is 0.227 e. The van der Waals surface area contributed by atoms with E-state index in [2.05, 4.69) is 31.8 Å². The SMILES string of the molecule is CCOc1ccccc1N1CCN(c2nccc(N3CCC(O)C3)n2)CC1. The predicted octanol–water partition coefficient (Wildman–Crippen LogP) is 1.77. The van der Waals surface area contributed by atoms with Crippen LogP contribution in [0.15, 0.2) is 36.5 Å². The number of hydrogen-bond donors (Lipinski definition) is 1. The molecule has 0 radical (unpaired) electrons. The van der Waals surface area contributed by atoms with Crippen LogP contribution >= 0.6 is 0 Å². The van der Waals surface area contributed by atoms with Gasteiger partial charge in [-0.25, -0.2) is 4.98 Å². The van der Waals surface area contributed by atoms with Crippen LogP contribution in [0.2, 0.25) is 0 Å². The van der Waals surface area contributed by atoms with E-state index in [1.807, 2.05) is 31.3 Å². The Balaban J connectivity index is 1.42. The van der Waals surface area contributed by atoms with Crippen LogP contribution in [0.3, 0.4) is 0 Å². The van der Waals surface area contributed by atoms with Gasteiger partial charge in [0.15, 0.2) is 0 Å². The maximum absolute atomic E-state index is 9.77. The molecule has 1 aromatic carbocycles. The molecule has 1 unspecified atom stereocenters. The number of aromatic nitrogens is 2. The van der Waals surface area contributed by atoms with Crippen LogP contribution in [0, 0.1) is 0 Å². The van der Waals surface area contributed by atoms with E-state index in [0.717, 1.165) is 62.3 Å². The third-order valence-electron chi connectivity index (χ3n) is 5.18. The summed E-state index contributed by atoms with van der Waals surface area (Å²) in [5.74, 6) is 2.62. The van der Waals surface area contributed by atoms with Gasteiger partial charge in [0.25, 0.3) is 0 Å². The number of benzene rings is 1. The average Bonchev–Trinajstić information content (AvgIpc) is 3.15. The molecule has 0 aliphatic carbocycles. The monoisotopic (exact) mass is 369 g/mol. The lowest BCUT2D eigenvalue weighted by molar-refractivity contribution is 0.198. The van der Waals surface area contributed by atoms with Crippen LogP contribution in [-0.4, -0.2) is 67.1 Å². The van der Waals surface area contributed by atoms with E-state index in [1.165, 1.54) is 0 Å². The van der Waals surface area contributed by atoms with Crippen LogP contribution in [0.4, 0.5) is 17.5 Å². The van der Waals surface area contributed by atoms with Crippen LogP contribution in [0.1, 0.15) is 13.3 Å². The third-order valence-corrected chi connectivity index (χ3v) is 5.18. The molecule has 4 rings (SSSR count). The van der Waals surface area contributed by atoms with Crippen LogP contribution < -0.4 is 19.4 Å². The first kappa shape index (κ1) is 17.9. The van der Waals surface area contributed by atoms with Crippen molar-refractivity contribution in [3.8, 4) is 5.75 Å². The lowest BCUT2D eigenvalue weighted by Gasteiger charge is -2.36. The highest BCUT2D eigenvalue weighted by molar-refractivity contribution is 5.59. The number of hydrogen-bond acceptors (Lipinski definition) is 7. The summed E-state index contributed by atoms with van der Waals surface area (Å²) in [6.45, 7) is 7.72. The molecule has 2 fully saturated rings. The number of aliphatic hydroxyl groups is 1. The molecule has 2 aliphatic heterocycles. The third kappa shape index (κ3) is 3.93. The summed E-state index contributed by atoms with van der Waals surface area (Å²) in [5.41, 5.74) is 1.15. The Bertz CT molecular complexity index is 764. The van der Waals surface area contributed by atoms with E-state index in [4.69, 9.17) is 9.72 Å². The van der Waals surface area contributed by atoms with Gasteiger partial charge in [0, 0.05) is 45.5 Å². The molecule has 7 heteroatoms. The second-order valence-corrected chi connectivity index (χ2v) is 6.98. The second kappa shape index (κ2) is 8.00. The summed E-state index contributed by atoms with van der Waals surface area (Å²) in [6.07, 6.45) is 2.37. The molecule has 0 saturated carbocycles. The van der Waals surface area contributed by atoms with Gasteiger partial charge >= 0.3 is 0 Å². The van der Waals surface area contributed by atoms with Gasteiger partial charge in [-0.3, -0.25) is 0 Å². The first-order valence-electron chi connectivity index (χ1n) is 9.72. The number of para-hydroxylation sites is 2. The van der Waals surface area contributed by atoms with Gasteiger partial charge in [0.1, 0.15) is 11.6 Å². The van der Waals surface area contributed by atoms with E-state index in [0.29, 0.717) is 13.2 Å². The summed E-state index contributed by atoms with van der Waals surface area (Å²) in [7, 11) is 0. The normalized spacial score (nSPS) is 20.2. The van der Waals surface area contributed by atoms with Crippen LogP contribution in [0.25, 0.3) is 0 Å². The maximum atomic E-state index is 9.77. The molecule has 7 nitrogen and oxygen atoms in total. The number of ether oxygens (including phenoxy) is 1. The zero-order valence-corrected chi connectivity index (χ0v) is 15.8. The van der Waals surface area contributed by atoms with Crippen molar-refractivity contribution in [2.45, 2.75) is 19.4 Å². The standard InChI is InChI=1S/C20H27N5O2/c1-2-27-18-6-4-3-5-17(18)23-11-13-24(14-12-23)20-21-9-7-19(22-20)25-10-8-16(26)15-25/h3-7,9,16,26H,2,8,10-15H2,1H3. The van der Waals surface area contributed by atoms with Crippen LogP contribution in [0.5, 0.6) is 5.75 Å². The molecule has 0 amide bonds. The highest BCUT2D eigenvalue weighted by Gasteiger charge is 2.24. The molecule has 2 aliphatic rings. The van der Waals surface area contributed by atoms with E-state index in [-0.39, 0.29) is 6.10 Å². The Kier molecular flexibility index (Phi) is 5.29. The summed E-state index contributed by atoms with van der Waals surface area (Å²) in [5, 5.41) is 9.77. The fourth-order valence-electron chi connectivity index (χ4n) is 3.76. The molecule has 0 bridgehead atoms. The largest absolute Gasteiger partial charge is 0.492 e. The first-order chi connectivity index (χ1) is 13.2. The number of anilines is 3. The first-order valence-corrected chi connectivity index (χ1v) is 9.72. The molecule has 1 aromatic heterocycles.